The van der Waals surface area contributed by atoms with E-state index in [1.165, 1.54) is 12.8 Å². The number of rotatable bonds is 5. The maximum atomic E-state index is 11.9. The van der Waals surface area contributed by atoms with Gasteiger partial charge in [0.2, 0.25) is 0 Å². The lowest BCUT2D eigenvalue weighted by Gasteiger charge is -2.09. The third kappa shape index (κ3) is 2.85. The molecule has 0 spiro atoms. The first-order chi connectivity index (χ1) is 9.24. The molecule has 1 unspecified atom stereocenters. The molecule has 0 radical (unpaired) electrons. The summed E-state index contributed by atoms with van der Waals surface area (Å²) >= 11 is 1.55. The summed E-state index contributed by atoms with van der Waals surface area (Å²) in [5, 5.41) is 8.54. The highest BCUT2D eigenvalue weighted by Crippen LogP contribution is 2.31. The lowest BCUT2D eigenvalue weighted by molar-refractivity contribution is 0.0941. The van der Waals surface area contributed by atoms with Crippen LogP contribution in [0.3, 0.4) is 0 Å². The van der Waals surface area contributed by atoms with E-state index in [9.17, 15) is 4.79 Å². The molecular formula is C13H15N3O2S. The van der Waals surface area contributed by atoms with Gasteiger partial charge in [0.15, 0.2) is 11.5 Å². The van der Waals surface area contributed by atoms with Gasteiger partial charge in [0.25, 0.3) is 5.91 Å². The highest BCUT2D eigenvalue weighted by molar-refractivity contribution is 7.13. The van der Waals surface area contributed by atoms with Crippen LogP contribution >= 0.6 is 11.3 Å². The van der Waals surface area contributed by atoms with E-state index in [-0.39, 0.29) is 11.9 Å². The van der Waals surface area contributed by atoms with Crippen LogP contribution in [0, 0.1) is 5.92 Å². The molecule has 3 N–H and O–H groups in total. The van der Waals surface area contributed by atoms with E-state index in [0.717, 1.165) is 4.88 Å². The fourth-order valence-electron chi connectivity index (χ4n) is 1.91. The normalized spacial score (nSPS) is 16.3. The van der Waals surface area contributed by atoms with Gasteiger partial charge >= 0.3 is 0 Å². The van der Waals surface area contributed by atoms with Crippen LogP contribution < -0.4 is 11.1 Å². The van der Waals surface area contributed by atoms with Crippen molar-refractivity contribution in [1.29, 1.82) is 0 Å². The van der Waals surface area contributed by atoms with Crippen LogP contribution in [0.4, 0.5) is 0 Å². The van der Waals surface area contributed by atoms with Gasteiger partial charge in [0.1, 0.15) is 0 Å². The van der Waals surface area contributed by atoms with E-state index < -0.39 is 0 Å². The minimum Gasteiger partial charge on any atom is -0.355 e. The van der Waals surface area contributed by atoms with Crippen LogP contribution in [0.1, 0.15) is 23.3 Å². The number of nitrogens with zero attached hydrogens (tertiary/aromatic N) is 1. The summed E-state index contributed by atoms with van der Waals surface area (Å²) in [6.07, 6.45) is 2.34. The van der Waals surface area contributed by atoms with E-state index in [0.29, 0.717) is 23.9 Å². The maximum absolute atomic E-state index is 11.9. The Morgan fingerprint density at radius 1 is 1.63 bits per heavy atom. The topological polar surface area (TPSA) is 81.1 Å². The molecule has 1 aliphatic rings. The second-order valence-corrected chi connectivity index (χ2v) is 5.71. The number of nitrogens with one attached hydrogen (secondary N) is 1. The first-order valence-electron chi connectivity index (χ1n) is 6.28. The number of amides is 1. The Balaban J connectivity index is 1.60. The van der Waals surface area contributed by atoms with E-state index in [1.807, 2.05) is 17.5 Å². The fraction of sp³-hybridized carbons (Fsp3) is 0.385. The van der Waals surface area contributed by atoms with Gasteiger partial charge in [-0.1, -0.05) is 11.2 Å². The number of hydrogen-bond donors (Lipinski definition) is 2. The van der Waals surface area contributed by atoms with Gasteiger partial charge in [-0.25, -0.2) is 0 Å². The molecule has 0 saturated heterocycles. The molecule has 5 nitrogen and oxygen atoms in total. The second kappa shape index (κ2) is 5.14. The highest BCUT2D eigenvalue weighted by Gasteiger charge is 2.28. The highest BCUT2D eigenvalue weighted by atomic mass is 32.1. The molecule has 100 valence electrons. The SMILES string of the molecule is NC(CNC(=O)c1cc(-c2cccs2)on1)C1CC1. The van der Waals surface area contributed by atoms with Crippen LogP contribution in [-0.2, 0) is 0 Å². The Kier molecular flexibility index (Phi) is 3.35. The number of nitrogens with two attached hydrogens (primary N) is 1. The third-order valence-corrected chi connectivity index (χ3v) is 4.12. The predicted molar refractivity (Wildman–Crippen MR) is 72.8 cm³/mol. The first kappa shape index (κ1) is 12.4. The molecule has 0 aromatic carbocycles. The molecule has 6 heteroatoms. The van der Waals surface area contributed by atoms with Crippen LogP contribution in [0.2, 0.25) is 0 Å². The van der Waals surface area contributed by atoms with Crippen LogP contribution in [-0.4, -0.2) is 23.7 Å². The standard InChI is InChI=1S/C13H15N3O2S/c14-9(8-3-4-8)7-15-13(17)10-6-11(18-16-10)12-2-1-5-19-12/h1-2,5-6,8-9H,3-4,7,14H2,(H,15,17). The van der Waals surface area contributed by atoms with Gasteiger partial charge in [0.05, 0.1) is 4.88 Å². The minimum absolute atomic E-state index is 0.0487. The Hall–Kier alpha value is -1.66. The van der Waals surface area contributed by atoms with Crippen LogP contribution in [0.15, 0.2) is 28.1 Å². The summed E-state index contributed by atoms with van der Waals surface area (Å²) in [6, 6.07) is 5.56. The summed E-state index contributed by atoms with van der Waals surface area (Å²) in [5.41, 5.74) is 6.23. The number of hydrogen-bond acceptors (Lipinski definition) is 5. The smallest absolute Gasteiger partial charge is 0.273 e. The molecule has 0 bridgehead atoms. The van der Waals surface area contributed by atoms with Gasteiger partial charge in [-0.05, 0) is 30.2 Å². The minimum atomic E-state index is -0.234. The van der Waals surface area contributed by atoms with Gasteiger partial charge < -0.3 is 15.6 Å². The van der Waals surface area contributed by atoms with Crippen molar-refractivity contribution >= 4 is 17.2 Å². The summed E-state index contributed by atoms with van der Waals surface area (Å²) in [6.45, 7) is 0.491. The van der Waals surface area contributed by atoms with E-state index >= 15 is 0 Å². The molecule has 3 rings (SSSR count). The zero-order chi connectivity index (χ0) is 13.2. The zero-order valence-corrected chi connectivity index (χ0v) is 11.2. The summed E-state index contributed by atoms with van der Waals surface area (Å²) in [4.78, 5) is 12.8. The Labute approximate surface area is 114 Å². The number of carbonyl (C=O) groups excluding carboxylic acids is 1. The third-order valence-electron chi connectivity index (χ3n) is 3.23. The molecule has 1 aliphatic carbocycles. The largest absolute Gasteiger partial charge is 0.355 e. The monoisotopic (exact) mass is 277 g/mol. The summed E-state index contributed by atoms with van der Waals surface area (Å²) < 4.78 is 5.17. The zero-order valence-electron chi connectivity index (χ0n) is 10.3. The predicted octanol–water partition coefficient (Wildman–Crippen LogP) is 1.87. The molecule has 1 amide bonds. The molecule has 2 aromatic heterocycles. The van der Waals surface area contributed by atoms with Crippen LogP contribution in [0.25, 0.3) is 10.6 Å². The van der Waals surface area contributed by atoms with E-state index in [2.05, 4.69) is 10.5 Å². The summed E-state index contributed by atoms with van der Waals surface area (Å²) in [7, 11) is 0. The number of thiophene rings is 1. The van der Waals surface area contributed by atoms with Crippen molar-refractivity contribution in [2.24, 2.45) is 11.7 Å². The van der Waals surface area contributed by atoms with Crippen molar-refractivity contribution in [1.82, 2.24) is 10.5 Å². The van der Waals surface area contributed by atoms with Gasteiger partial charge in [-0.3, -0.25) is 4.79 Å². The summed E-state index contributed by atoms with van der Waals surface area (Å²) in [5.74, 6) is 0.952. The lowest BCUT2D eigenvalue weighted by atomic mass is 10.2. The fourth-order valence-corrected chi connectivity index (χ4v) is 2.58. The van der Waals surface area contributed by atoms with E-state index in [1.54, 1.807) is 17.4 Å². The molecule has 1 fully saturated rings. The van der Waals surface area contributed by atoms with Crippen LogP contribution in [0.5, 0.6) is 0 Å². The first-order valence-corrected chi connectivity index (χ1v) is 7.16. The van der Waals surface area contributed by atoms with Crippen molar-refractivity contribution < 1.29 is 9.32 Å². The Morgan fingerprint density at radius 2 is 2.47 bits per heavy atom. The maximum Gasteiger partial charge on any atom is 0.273 e. The van der Waals surface area contributed by atoms with Crippen molar-refractivity contribution in [2.45, 2.75) is 18.9 Å². The van der Waals surface area contributed by atoms with Crippen molar-refractivity contribution in [2.75, 3.05) is 6.54 Å². The van der Waals surface area contributed by atoms with Gasteiger partial charge in [-0.2, -0.15) is 0 Å². The molecule has 2 heterocycles. The molecule has 0 aliphatic heterocycles. The van der Waals surface area contributed by atoms with Gasteiger partial charge in [-0.15, -0.1) is 11.3 Å². The van der Waals surface area contributed by atoms with Crippen molar-refractivity contribution in [3.05, 3.63) is 29.3 Å². The van der Waals surface area contributed by atoms with Crippen molar-refractivity contribution in [3.8, 4) is 10.6 Å². The quantitative estimate of drug-likeness (QED) is 0.874. The Morgan fingerprint density at radius 3 is 3.16 bits per heavy atom. The lowest BCUT2D eigenvalue weighted by Crippen LogP contribution is -2.38. The molecular weight excluding hydrogens is 262 g/mol. The molecule has 19 heavy (non-hydrogen) atoms. The average Bonchev–Trinajstić information content (AvgIpc) is 2.94. The second-order valence-electron chi connectivity index (χ2n) is 4.77. The molecule has 2 aromatic rings. The average molecular weight is 277 g/mol. The van der Waals surface area contributed by atoms with Gasteiger partial charge in [0, 0.05) is 18.7 Å². The number of carbonyl (C=O) groups is 1. The number of aromatic nitrogens is 1. The van der Waals surface area contributed by atoms with E-state index in [4.69, 9.17) is 10.3 Å². The molecule has 1 atom stereocenters. The Bertz CT molecular complexity index is 560. The van der Waals surface area contributed by atoms with Crippen molar-refractivity contribution in [3.63, 3.8) is 0 Å². The molecule has 1 saturated carbocycles.